The molecule has 2 unspecified atom stereocenters. The van der Waals surface area contributed by atoms with E-state index >= 15 is 0 Å². The largest absolute Gasteiger partial charge is 0.328 e. The fourth-order valence-corrected chi connectivity index (χ4v) is 2.92. The summed E-state index contributed by atoms with van der Waals surface area (Å²) in [6.07, 6.45) is 5.23. The molecule has 0 aliphatic heterocycles. The van der Waals surface area contributed by atoms with Gasteiger partial charge in [0.2, 0.25) is 5.91 Å². The lowest BCUT2D eigenvalue weighted by molar-refractivity contribution is -0.120. The SMILES string of the molecule is Cc1ccc(NC(=O)C2CCCC(N)C2)cc1-n1cnnn1.Cl. The average Bonchev–Trinajstić information content (AvgIpc) is 3.03. The topological polar surface area (TPSA) is 98.7 Å². The van der Waals surface area contributed by atoms with Crippen molar-refractivity contribution in [3.05, 3.63) is 30.1 Å². The summed E-state index contributed by atoms with van der Waals surface area (Å²) in [6.45, 7) is 1.97. The molecule has 3 N–H and O–H groups in total. The monoisotopic (exact) mass is 336 g/mol. The number of carbonyl (C=O) groups excluding carboxylic acids is 1. The molecule has 0 bridgehead atoms. The molecule has 2 atom stereocenters. The summed E-state index contributed by atoms with van der Waals surface area (Å²) < 4.78 is 1.58. The van der Waals surface area contributed by atoms with Crippen molar-refractivity contribution in [3.8, 4) is 5.69 Å². The molecule has 1 fully saturated rings. The molecule has 0 radical (unpaired) electrons. The quantitative estimate of drug-likeness (QED) is 0.891. The van der Waals surface area contributed by atoms with Crippen molar-refractivity contribution in [3.63, 3.8) is 0 Å². The zero-order chi connectivity index (χ0) is 15.5. The molecule has 1 heterocycles. The molecule has 0 spiro atoms. The number of aromatic nitrogens is 4. The normalized spacial score (nSPS) is 20.6. The summed E-state index contributed by atoms with van der Waals surface area (Å²) in [5.41, 5.74) is 8.59. The Morgan fingerprint density at radius 2 is 2.22 bits per heavy atom. The highest BCUT2D eigenvalue weighted by molar-refractivity contribution is 5.93. The second-order valence-electron chi connectivity index (χ2n) is 5.87. The maximum Gasteiger partial charge on any atom is 0.227 e. The molecule has 8 heteroatoms. The standard InChI is InChI=1S/C15H20N6O.ClH/c1-10-5-6-13(8-14(10)21-9-17-19-20-21)18-15(22)11-3-2-4-12(16)7-11;/h5-6,8-9,11-12H,2-4,7,16H2,1H3,(H,18,22);1H. The zero-order valence-electron chi connectivity index (χ0n) is 13.0. The smallest absolute Gasteiger partial charge is 0.227 e. The number of benzene rings is 1. The third-order valence-electron chi connectivity index (χ3n) is 4.16. The van der Waals surface area contributed by atoms with Crippen LogP contribution in [0.1, 0.15) is 31.2 Å². The van der Waals surface area contributed by atoms with Crippen LogP contribution < -0.4 is 11.1 Å². The summed E-state index contributed by atoms with van der Waals surface area (Å²) in [4.78, 5) is 12.4. The van der Waals surface area contributed by atoms with Gasteiger partial charge < -0.3 is 11.1 Å². The van der Waals surface area contributed by atoms with Crippen LogP contribution in [-0.4, -0.2) is 32.2 Å². The number of carbonyl (C=O) groups is 1. The first-order valence-corrected chi connectivity index (χ1v) is 7.54. The molecule has 1 aliphatic rings. The van der Waals surface area contributed by atoms with Gasteiger partial charge in [0.25, 0.3) is 0 Å². The Labute approximate surface area is 141 Å². The summed E-state index contributed by atoms with van der Waals surface area (Å²) in [5, 5.41) is 14.2. The first kappa shape index (κ1) is 17.4. The second-order valence-corrected chi connectivity index (χ2v) is 5.87. The van der Waals surface area contributed by atoms with Gasteiger partial charge in [-0.15, -0.1) is 17.5 Å². The van der Waals surface area contributed by atoms with E-state index in [0.29, 0.717) is 0 Å². The van der Waals surface area contributed by atoms with Crippen LogP contribution in [0.25, 0.3) is 5.69 Å². The number of tetrazole rings is 1. The van der Waals surface area contributed by atoms with Crippen LogP contribution >= 0.6 is 12.4 Å². The highest BCUT2D eigenvalue weighted by atomic mass is 35.5. The van der Waals surface area contributed by atoms with Gasteiger partial charge in [0.05, 0.1) is 5.69 Å². The molecule has 1 aromatic heterocycles. The van der Waals surface area contributed by atoms with E-state index in [4.69, 9.17) is 5.73 Å². The van der Waals surface area contributed by atoms with Gasteiger partial charge in [0.1, 0.15) is 6.33 Å². The second kappa shape index (κ2) is 7.52. The van der Waals surface area contributed by atoms with Crippen LogP contribution in [0.2, 0.25) is 0 Å². The minimum atomic E-state index is 0. The number of nitrogens with one attached hydrogen (secondary N) is 1. The molecule has 1 saturated carbocycles. The van der Waals surface area contributed by atoms with Crippen molar-refractivity contribution in [2.75, 3.05) is 5.32 Å². The van der Waals surface area contributed by atoms with E-state index in [0.717, 1.165) is 42.6 Å². The number of hydrogen-bond donors (Lipinski definition) is 2. The van der Waals surface area contributed by atoms with Gasteiger partial charge in [0.15, 0.2) is 0 Å². The van der Waals surface area contributed by atoms with Crippen LogP contribution in [0.3, 0.4) is 0 Å². The molecule has 2 aromatic rings. The lowest BCUT2D eigenvalue weighted by Gasteiger charge is -2.25. The lowest BCUT2D eigenvalue weighted by Crippen LogP contribution is -2.34. The van der Waals surface area contributed by atoms with Gasteiger partial charge >= 0.3 is 0 Å². The van der Waals surface area contributed by atoms with E-state index < -0.39 is 0 Å². The first-order valence-electron chi connectivity index (χ1n) is 7.54. The Morgan fingerprint density at radius 1 is 1.39 bits per heavy atom. The maximum atomic E-state index is 12.4. The highest BCUT2D eigenvalue weighted by Crippen LogP contribution is 2.25. The Hall–Kier alpha value is -1.99. The highest BCUT2D eigenvalue weighted by Gasteiger charge is 2.25. The van der Waals surface area contributed by atoms with E-state index in [2.05, 4.69) is 20.8 Å². The minimum Gasteiger partial charge on any atom is -0.328 e. The Morgan fingerprint density at radius 3 is 2.91 bits per heavy atom. The van der Waals surface area contributed by atoms with Gasteiger partial charge in [-0.3, -0.25) is 4.79 Å². The van der Waals surface area contributed by atoms with Gasteiger partial charge in [0, 0.05) is 17.6 Å². The third kappa shape index (κ3) is 4.05. The average molecular weight is 337 g/mol. The molecular weight excluding hydrogens is 316 g/mol. The van der Waals surface area contributed by atoms with Crippen molar-refractivity contribution in [2.45, 2.75) is 38.6 Å². The van der Waals surface area contributed by atoms with Crippen molar-refractivity contribution in [1.29, 1.82) is 0 Å². The number of hydrogen-bond acceptors (Lipinski definition) is 5. The zero-order valence-corrected chi connectivity index (χ0v) is 13.8. The van der Waals surface area contributed by atoms with Crippen LogP contribution in [0, 0.1) is 12.8 Å². The molecule has 1 aromatic carbocycles. The summed E-state index contributed by atoms with van der Waals surface area (Å²) in [5.74, 6) is 0.0446. The van der Waals surface area contributed by atoms with Crippen LogP contribution in [0.5, 0.6) is 0 Å². The summed E-state index contributed by atoms with van der Waals surface area (Å²) >= 11 is 0. The van der Waals surface area contributed by atoms with E-state index in [1.165, 1.54) is 6.33 Å². The summed E-state index contributed by atoms with van der Waals surface area (Å²) in [7, 11) is 0. The Balaban J connectivity index is 0.00000192. The first-order chi connectivity index (χ1) is 10.6. The fraction of sp³-hybridized carbons (Fsp3) is 0.467. The van der Waals surface area contributed by atoms with Crippen LogP contribution in [0.15, 0.2) is 24.5 Å². The van der Waals surface area contributed by atoms with Crippen molar-refractivity contribution in [1.82, 2.24) is 20.2 Å². The Bertz CT molecular complexity index is 660. The maximum absolute atomic E-state index is 12.4. The molecule has 124 valence electrons. The van der Waals surface area contributed by atoms with E-state index in [1.807, 2.05) is 25.1 Å². The molecule has 3 rings (SSSR count). The molecule has 1 aliphatic carbocycles. The number of nitrogens with zero attached hydrogens (tertiary/aromatic N) is 4. The van der Waals surface area contributed by atoms with Crippen LogP contribution in [-0.2, 0) is 4.79 Å². The molecule has 23 heavy (non-hydrogen) atoms. The Kier molecular flexibility index (Phi) is 5.68. The van der Waals surface area contributed by atoms with Gasteiger partial charge in [-0.1, -0.05) is 12.5 Å². The summed E-state index contributed by atoms with van der Waals surface area (Å²) in [6, 6.07) is 5.86. The van der Waals surface area contributed by atoms with E-state index in [-0.39, 0.29) is 30.3 Å². The van der Waals surface area contributed by atoms with Crippen molar-refractivity contribution < 1.29 is 4.79 Å². The fourth-order valence-electron chi connectivity index (χ4n) is 2.92. The third-order valence-corrected chi connectivity index (χ3v) is 4.16. The van der Waals surface area contributed by atoms with E-state index in [1.54, 1.807) is 4.68 Å². The molecule has 1 amide bonds. The van der Waals surface area contributed by atoms with Crippen molar-refractivity contribution >= 4 is 24.0 Å². The van der Waals surface area contributed by atoms with Gasteiger partial charge in [-0.25, -0.2) is 4.68 Å². The lowest BCUT2D eigenvalue weighted by atomic mass is 9.85. The number of nitrogens with two attached hydrogens (primary N) is 1. The van der Waals surface area contributed by atoms with E-state index in [9.17, 15) is 4.79 Å². The van der Waals surface area contributed by atoms with Crippen LogP contribution in [0.4, 0.5) is 5.69 Å². The number of aryl methyl sites for hydroxylation is 1. The molecule has 7 nitrogen and oxygen atoms in total. The number of rotatable bonds is 3. The van der Waals surface area contributed by atoms with Gasteiger partial charge in [-0.05, 0) is 54.3 Å². The predicted octanol–water partition coefficient (Wildman–Crippen LogP) is 1.85. The van der Waals surface area contributed by atoms with Gasteiger partial charge in [-0.2, -0.15) is 0 Å². The number of anilines is 1. The number of halogens is 1. The molecule has 0 saturated heterocycles. The predicted molar refractivity (Wildman–Crippen MR) is 89.7 cm³/mol. The molecular formula is C15H21ClN6O. The number of amides is 1. The van der Waals surface area contributed by atoms with Crippen molar-refractivity contribution in [2.24, 2.45) is 11.7 Å². The minimum absolute atomic E-state index is 0.